The highest BCUT2D eigenvalue weighted by Crippen LogP contribution is 2.47. The second-order valence-electron chi connectivity index (χ2n) is 12.4. The minimum atomic E-state index is -4.91. The number of H-pyrrole nitrogens is 1. The summed E-state index contributed by atoms with van der Waals surface area (Å²) in [5.41, 5.74) is -1.11. The fourth-order valence-electron chi connectivity index (χ4n) is 5.32. The van der Waals surface area contributed by atoms with Crippen LogP contribution < -0.4 is 16.6 Å². The number of amides is 1. The molecular formula is C35H45F3N5O8P. The Morgan fingerprint density at radius 1 is 1.08 bits per heavy atom. The number of hydrogen-bond donors (Lipinski definition) is 2. The molecule has 0 spiro atoms. The molecule has 2 heterocycles. The second-order valence-corrected chi connectivity index (χ2v) is 13.9. The molecule has 0 aliphatic carbocycles. The number of unbranched alkanes of at least 4 members (excludes halogenated alkanes) is 4. The van der Waals surface area contributed by atoms with E-state index in [4.69, 9.17) is 23.8 Å². The first kappa shape index (κ1) is 42.4. The number of alkyl halides is 3. The number of benzene rings is 1. The van der Waals surface area contributed by atoms with Crippen LogP contribution in [0.25, 0.3) is 0 Å². The maximum absolute atomic E-state index is 13.1. The largest absolute Gasteiger partial charge is 0.471 e. The molecule has 17 heteroatoms. The topological polar surface area (TPSA) is 165 Å². The van der Waals surface area contributed by atoms with Crippen molar-refractivity contribution in [3.05, 3.63) is 68.5 Å². The number of ether oxygens (including phenoxy) is 2. The van der Waals surface area contributed by atoms with Crippen LogP contribution in [-0.2, 0) is 23.3 Å². The van der Waals surface area contributed by atoms with Crippen molar-refractivity contribution in [1.29, 1.82) is 5.26 Å². The Labute approximate surface area is 301 Å². The Bertz CT molecular complexity index is 1680. The molecule has 2 aromatic rings. The number of rotatable bonds is 18. The van der Waals surface area contributed by atoms with Gasteiger partial charge in [-0.15, -0.1) is 0 Å². The van der Waals surface area contributed by atoms with Gasteiger partial charge in [-0.05, 0) is 52.7 Å². The van der Waals surface area contributed by atoms with Gasteiger partial charge in [-0.2, -0.15) is 18.4 Å². The van der Waals surface area contributed by atoms with Crippen LogP contribution in [0.2, 0.25) is 0 Å². The summed E-state index contributed by atoms with van der Waals surface area (Å²) in [6.07, 6.45) is -3.46. The summed E-state index contributed by atoms with van der Waals surface area (Å²) < 4.78 is 64.4. The summed E-state index contributed by atoms with van der Waals surface area (Å²) in [7, 11) is -1.65. The van der Waals surface area contributed by atoms with E-state index in [0.717, 1.165) is 0 Å². The van der Waals surface area contributed by atoms with Gasteiger partial charge in [0.1, 0.15) is 24.0 Å². The first-order valence-corrected chi connectivity index (χ1v) is 18.2. The number of nitrogens with zero attached hydrogens (tertiary/aromatic N) is 3. The molecule has 1 amide bonds. The Hall–Kier alpha value is -4.05. The molecule has 1 aromatic carbocycles. The fraction of sp³-hybridized carbons (Fsp3) is 0.571. The van der Waals surface area contributed by atoms with Crippen molar-refractivity contribution in [2.45, 2.75) is 109 Å². The zero-order chi connectivity index (χ0) is 38.3. The van der Waals surface area contributed by atoms with E-state index in [-0.39, 0.29) is 50.2 Å². The Balaban J connectivity index is 1.73. The van der Waals surface area contributed by atoms with Gasteiger partial charge in [-0.3, -0.25) is 19.1 Å². The lowest BCUT2D eigenvalue weighted by molar-refractivity contribution is -0.173. The quantitative estimate of drug-likeness (QED) is 0.0882. The number of nitrogens with one attached hydrogen (secondary N) is 2. The smallest absolute Gasteiger partial charge is 0.456 e. The predicted molar refractivity (Wildman–Crippen MR) is 186 cm³/mol. The van der Waals surface area contributed by atoms with E-state index >= 15 is 0 Å². The zero-order valence-corrected chi connectivity index (χ0v) is 30.5. The molecule has 2 N–H and O–H groups in total. The predicted octanol–water partition coefficient (Wildman–Crippen LogP) is 5.32. The van der Waals surface area contributed by atoms with E-state index < -0.39 is 56.3 Å². The zero-order valence-electron chi connectivity index (χ0n) is 29.6. The number of aromatic amines is 1. The van der Waals surface area contributed by atoms with E-state index in [1.807, 2.05) is 37.7 Å². The minimum Gasteiger partial charge on any atom is -0.456 e. The van der Waals surface area contributed by atoms with Gasteiger partial charge in [-0.25, -0.2) is 14.3 Å². The lowest BCUT2D eigenvalue weighted by Crippen LogP contribution is -2.37. The molecule has 4 atom stereocenters. The third-order valence-electron chi connectivity index (χ3n) is 7.73. The lowest BCUT2D eigenvalue weighted by Gasteiger charge is -2.36. The monoisotopic (exact) mass is 751 g/mol. The van der Waals surface area contributed by atoms with Gasteiger partial charge in [-0.1, -0.05) is 42.9 Å². The van der Waals surface area contributed by atoms with Crippen LogP contribution in [0.5, 0.6) is 0 Å². The molecule has 13 nitrogen and oxygen atoms in total. The van der Waals surface area contributed by atoms with Gasteiger partial charge in [0.25, 0.3) is 14.1 Å². The molecule has 1 aliphatic rings. The van der Waals surface area contributed by atoms with Crippen LogP contribution in [-0.4, -0.2) is 76.3 Å². The van der Waals surface area contributed by atoms with Gasteiger partial charge >= 0.3 is 23.7 Å². The first-order chi connectivity index (χ1) is 24.7. The third kappa shape index (κ3) is 13.2. The number of hydrogen-bond acceptors (Lipinski definition) is 10. The molecule has 1 saturated heterocycles. The maximum Gasteiger partial charge on any atom is 0.471 e. The lowest BCUT2D eigenvalue weighted by atomic mass is 10.1. The highest BCUT2D eigenvalue weighted by Gasteiger charge is 2.41. The van der Waals surface area contributed by atoms with Gasteiger partial charge in [0, 0.05) is 37.7 Å². The highest BCUT2D eigenvalue weighted by atomic mass is 31.2. The van der Waals surface area contributed by atoms with Gasteiger partial charge in [0.05, 0.1) is 31.3 Å². The molecule has 1 aromatic heterocycles. The molecule has 0 bridgehead atoms. The average Bonchev–Trinajstić information content (AvgIpc) is 3.48. The van der Waals surface area contributed by atoms with Crippen LogP contribution in [0.3, 0.4) is 0 Å². The van der Waals surface area contributed by atoms with Gasteiger partial charge in [0.15, 0.2) is 0 Å². The average molecular weight is 752 g/mol. The summed E-state index contributed by atoms with van der Waals surface area (Å²) >= 11 is 0. The van der Waals surface area contributed by atoms with Crippen LogP contribution in [0.4, 0.5) is 13.2 Å². The Kier molecular flexibility index (Phi) is 17.0. The molecule has 52 heavy (non-hydrogen) atoms. The Morgan fingerprint density at radius 2 is 1.77 bits per heavy atom. The molecule has 1 unspecified atom stereocenters. The molecule has 0 radical (unpaired) electrons. The van der Waals surface area contributed by atoms with Crippen molar-refractivity contribution in [2.24, 2.45) is 0 Å². The summed E-state index contributed by atoms with van der Waals surface area (Å²) in [5, 5.41) is 10.9. The van der Waals surface area contributed by atoms with Crippen molar-refractivity contribution in [2.75, 3.05) is 19.8 Å². The van der Waals surface area contributed by atoms with Crippen molar-refractivity contribution in [1.82, 2.24) is 19.5 Å². The van der Waals surface area contributed by atoms with E-state index in [1.165, 1.54) is 10.8 Å². The van der Waals surface area contributed by atoms with Gasteiger partial charge in [0.2, 0.25) is 0 Å². The third-order valence-corrected chi connectivity index (χ3v) is 9.81. The number of halogens is 3. The summed E-state index contributed by atoms with van der Waals surface area (Å²) in [5.74, 6) is 3.09. The van der Waals surface area contributed by atoms with E-state index in [1.54, 1.807) is 30.3 Å². The fourth-order valence-corrected chi connectivity index (χ4v) is 6.93. The number of aromatic nitrogens is 2. The summed E-state index contributed by atoms with van der Waals surface area (Å²) in [4.78, 5) is 51.8. The van der Waals surface area contributed by atoms with E-state index in [2.05, 4.69) is 22.9 Å². The minimum absolute atomic E-state index is 0.00881. The normalized spacial score (nSPS) is 17.8. The van der Waals surface area contributed by atoms with Crippen LogP contribution in [0, 0.1) is 23.2 Å². The molecular weight excluding hydrogens is 706 g/mol. The van der Waals surface area contributed by atoms with E-state index in [0.29, 0.717) is 37.7 Å². The summed E-state index contributed by atoms with van der Waals surface area (Å²) in [6, 6.07) is 10.5. The van der Waals surface area contributed by atoms with Crippen molar-refractivity contribution in [3.8, 4) is 17.9 Å². The van der Waals surface area contributed by atoms with Crippen molar-refractivity contribution in [3.63, 3.8) is 0 Å². The highest BCUT2D eigenvalue weighted by molar-refractivity contribution is 7.44. The summed E-state index contributed by atoms with van der Waals surface area (Å²) in [6.45, 7) is 7.98. The Morgan fingerprint density at radius 3 is 2.42 bits per heavy atom. The van der Waals surface area contributed by atoms with Crippen molar-refractivity contribution >= 4 is 20.4 Å². The van der Waals surface area contributed by atoms with Crippen LogP contribution >= 0.6 is 8.53 Å². The van der Waals surface area contributed by atoms with Crippen molar-refractivity contribution < 1.29 is 41.3 Å². The number of nitriles is 1. The van der Waals surface area contributed by atoms with Crippen LogP contribution in [0.1, 0.15) is 94.8 Å². The number of carbonyl (C=O) groups is 2. The first-order valence-electron chi connectivity index (χ1n) is 17.0. The molecule has 284 valence electrons. The van der Waals surface area contributed by atoms with Crippen LogP contribution in [0.15, 0.2) is 46.1 Å². The van der Waals surface area contributed by atoms with E-state index in [9.17, 15) is 32.3 Å². The van der Waals surface area contributed by atoms with Gasteiger partial charge < -0.3 is 23.8 Å². The number of esters is 1. The molecule has 3 rings (SSSR count). The molecule has 1 fully saturated rings. The SMILES string of the molecule is CC(C)N(C(C)C)P(OCCC#N)OC[C@H]1O[C@@H](n2cc(C#CCCCCCCNC(=O)C(F)(F)F)c(=O)[nH]c2=O)C[C@@H]1OC(=O)c1ccccc1. The number of carbonyl (C=O) groups excluding carboxylic acids is 2. The molecule has 1 aliphatic heterocycles. The standard InChI is InChI=1S/C35H45F3N5O8P/c1-24(2)43(25(3)4)52(48-20-14-18-39)49-23-29-28(51-32(45)26-15-11-9-12-16-26)21-30(50-29)42-22-27(31(44)41-34(42)47)17-10-7-5-6-8-13-19-40-33(46)35(36,37)38/h9,11-12,15-16,22,24-25,28-30H,5-8,13-14,19-21,23H2,1-4H3,(H,40,46)(H,41,44,47)/t28-,29+,30+,52?/m0/s1. The maximum atomic E-state index is 13.1. The second kappa shape index (κ2) is 20.9. The molecule has 0 saturated carbocycles.